The Hall–Kier alpha value is -1.21. The molecule has 1 atom stereocenters. The summed E-state index contributed by atoms with van der Waals surface area (Å²) in [6, 6.07) is -0.875. The summed E-state index contributed by atoms with van der Waals surface area (Å²) in [6.45, 7) is 6.43. The molecule has 0 N–H and O–H groups in total. The molecule has 0 aromatic carbocycles. The molecule has 47 valence electrons. The molecule has 0 aromatic rings. The second kappa shape index (κ2) is 3.75. The predicted molar refractivity (Wildman–Crippen MR) is 32.5 cm³/mol. The van der Waals surface area contributed by atoms with Crippen molar-refractivity contribution in [3.8, 4) is 0 Å². The van der Waals surface area contributed by atoms with Crippen LogP contribution >= 0.6 is 0 Å². The first kappa shape index (κ1) is 7.79. The summed E-state index contributed by atoms with van der Waals surface area (Å²) >= 11 is 0. The van der Waals surface area contributed by atoms with Gasteiger partial charge in [-0.25, -0.2) is 4.79 Å². The Balaban J connectivity index is 4.02. The van der Waals surface area contributed by atoms with Gasteiger partial charge in [-0.2, -0.15) is 4.99 Å². The highest BCUT2D eigenvalue weighted by Gasteiger charge is 2.04. The van der Waals surface area contributed by atoms with Crippen LogP contribution in [0.3, 0.4) is 0 Å². The normalized spacial score (nSPS) is 11.2. The van der Waals surface area contributed by atoms with Gasteiger partial charge in [-0.15, -0.1) is 0 Å². The third-order valence-corrected chi connectivity index (χ3v) is 0.738. The quantitative estimate of drug-likeness (QED) is 0.308. The number of aliphatic imine (C=N–C) groups is 1. The first-order chi connectivity index (χ1) is 4.22. The lowest BCUT2D eigenvalue weighted by molar-refractivity contribution is -0.114. The highest BCUT2D eigenvalue weighted by atomic mass is 16.1. The molecule has 3 nitrogen and oxygen atoms in total. The molecule has 0 aromatic heterocycles. The van der Waals surface area contributed by atoms with Gasteiger partial charge in [0.1, 0.15) is 6.04 Å². The molecule has 0 heterocycles. The predicted octanol–water partition coefficient (Wildman–Crippen LogP) is 0.280. The molecule has 0 aliphatic heterocycles. The Bertz CT molecular complexity index is 168. The number of hydrogen-bond donors (Lipinski definition) is 0. The Morgan fingerprint density at radius 1 is 1.78 bits per heavy atom. The lowest BCUT2D eigenvalue weighted by Gasteiger charge is -1.92. The molecule has 0 aliphatic rings. The van der Waals surface area contributed by atoms with Crippen molar-refractivity contribution in [1.82, 2.24) is 0 Å². The maximum absolute atomic E-state index is 10.4. The summed E-state index contributed by atoms with van der Waals surface area (Å²) < 4.78 is 0. The van der Waals surface area contributed by atoms with Crippen molar-refractivity contribution in [2.24, 2.45) is 4.99 Å². The first-order valence-corrected chi connectivity index (χ1v) is 2.28. The molecular formula is C6H6NO2. The molecule has 9 heavy (non-hydrogen) atoms. The van der Waals surface area contributed by atoms with Crippen LogP contribution in [0.1, 0.15) is 0 Å². The number of carbonyl (C=O) groups excluding carboxylic acids is 2. The van der Waals surface area contributed by atoms with Gasteiger partial charge in [-0.05, 0) is 13.0 Å². The minimum atomic E-state index is -0.875. The molecule has 0 saturated carbocycles. The summed E-state index contributed by atoms with van der Waals surface area (Å²) in [5, 5.41) is 0. The van der Waals surface area contributed by atoms with Crippen LogP contribution in [0.25, 0.3) is 0 Å². The van der Waals surface area contributed by atoms with Gasteiger partial charge in [0.2, 0.25) is 6.08 Å². The summed E-state index contributed by atoms with van der Waals surface area (Å²) in [4.78, 5) is 23.0. The van der Waals surface area contributed by atoms with Crippen molar-refractivity contribution in [3.63, 3.8) is 0 Å². The van der Waals surface area contributed by atoms with Gasteiger partial charge >= 0.3 is 0 Å². The average molecular weight is 124 g/mol. The molecule has 0 bridgehead atoms. The number of nitrogens with zero attached hydrogens (tertiary/aromatic N) is 1. The van der Waals surface area contributed by atoms with Gasteiger partial charge in [0, 0.05) is 0 Å². The Morgan fingerprint density at radius 2 is 2.33 bits per heavy atom. The molecule has 0 amide bonds. The topological polar surface area (TPSA) is 46.5 Å². The Morgan fingerprint density at radius 3 is 2.67 bits per heavy atom. The maximum atomic E-state index is 10.4. The lowest BCUT2D eigenvalue weighted by Crippen LogP contribution is -2.10. The average Bonchev–Trinajstić information content (AvgIpc) is 1.87. The van der Waals surface area contributed by atoms with Crippen LogP contribution < -0.4 is 0 Å². The third kappa shape index (κ3) is 2.57. The van der Waals surface area contributed by atoms with E-state index in [1.807, 2.05) is 0 Å². The van der Waals surface area contributed by atoms with Crippen LogP contribution in [0, 0.1) is 6.92 Å². The van der Waals surface area contributed by atoms with Gasteiger partial charge in [0.05, 0.1) is 0 Å². The third-order valence-electron chi connectivity index (χ3n) is 0.738. The fourth-order valence-electron chi connectivity index (χ4n) is 0.263. The largest absolute Gasteiger partial charge is 0.292 e. The summed E-state index contributed by atoms with van der Waals surface area (Å²) in [6.07, 6.45) is 2.29. The van der Waals surface area contributed by atoms with Crippen molar-refractivity contribution < 1.29 is 9.59 Å². The zero-order chi connectivity index (χ0) is 7.28. The molecule has 0 spiro atoms. The minimum absolute atomic E-state index is 0.377. The Labute approximate surface area is 53.1 Å². The van der Waals surface area contributed by atoms with E-state index in [4.69, 9.17) is 0 Å². The first-order valence-electron chi connectivity index (χ1n) is 2.28. The standard InChI is InChI=1S/C6H6NO2/c1-3-6(9)5(2)7-4-8/h3,5H,1-2H2. The molecule has 1 unspecified atom stereocenters. The molecule has 3 heteroatoms. The maximum Gasteiger partial charge on any atom is 0.235 e. The minimum Gasteiger partial charge on any atom is -0.292 e. The van der Waals surface area contributed by atoms with Crippen molar-refractivity contribution in [2.75, 3.05) is 0 Å². The van der Waals surface area contributed by atoms with Crippen molar-refractivity contribution in [1.29, 1.82) is 0 Å². The van der Waals surface area contributed by atoms with E-state index in [0.717, 1.165) is 6.08 Å². The van der Waals surface area contributed by atoms with Gasteiger partial charge < -0.3 is 0 Å². The van der Waals surface area contributed by atoms with Crippen LogP contribution in [0.15, 0.2) is 17.6 Å². The molecular weight excluding hydrogens is 118 g/mol. The number of hydrogen-bond acceptors (Lipinski definition) is 3. The van der Waals surface area contributed by atoms with Crippen LogP contribution in [0.5, 0.6) is 0 Å². The highest BCUT2D eigenvalue weighted by molar-refractivity contribution is 5.94. The van der Waals surface area contributed by atoms with E-state index in [2.05, 4.69) is 18.5 Å². The van der Waals surface area contributed by atoms with Crippen LogP contribution in [0.4, 0.5) is 0 Å². The molecule has 1 radical (unpaired) electrons. The number of rotatable bonds is 3. The van der Waals surface area contributed by atoms with E-state index in [1.165, 1.54) is 6.08 Å². The van der Waals surface area contributed by atoms with E-state index in [9.17, 15) is 9.59 Å². The second-order valence-electron chi connectivity index (χ2n) is 1.34. The number of carbonyl (C=O) groups is 1. The molecule has 0 saturated heterocycles. The number of isocyanates is 1. The zero-order valence-corrected chi connectivity index (χ0v) is 4.83. The summed E-state index contributed by atoms with van der Waals surface area (Å²) in [5.41, 5.74) is 0. The van der Waals surface area contributed by atoms with E-state index < -0.39 is 6.04 Å². The fourth-order valence-corrected chi connectivity index (χ4v) is 0.263. The molecule has 0 fully saturated rings. The molecule has 0 rings (SSSR count). The van der Waals surface area contributed by atoms with E-state index in [0.29, 0.717) is 0 Å². The zero-order valence-electron chi connectivity index (χ0n) is 4.83. The van der Waals surface area contributed by atoms with Crippen molar-refractivity contribution >= 4 is 11.9 Å². The van der Waals surface area contributed by atoms with Gasteiger partial charge in [0.15, 0.2) is 5.78 Å². The van der Waals surface area contributed by atoms with Crippen LogP contribution in [-0.4, -0.2) is 17.9 Å². The van der Waals surface area contributed by atoms with Gasteiger partial charge in [-0.1, -0.05) is 6.58 Å². The SMILES string of the molecule is [CH2]C(N=C=O)C(=O)C=C. The summed E-state index contributed by atoms with van der Waals surface area (Å²) in [5.74, 6) is -0.377. The van der Waals surface area contributed by atoms with E-state index >= 15 is 0 Å². The second-order valence-corrected chi connectivity index (χ2v) is 1.34. The van der Waals surface area contributed by atoms with E-state index in [-0.39, 0.29) is 5.78 Å². The Kier molecular flexibility index (Phi) is 3.25. The van der Waals surface area contributed by atoms with Crippen molar-refractivity contribution in [3.05, 3.63) is 19.6 Å². The van der Waals surface area contributed by atoms with Crippen LogP contribution in [0.2, 0.25) is 0 Å². The van der Waals surface area contributed by atoms with Gasteiger partial charge in [0.25, 0.3) is 0 Å². The summed E-state index contributed by atoms with van der Waals surface area (Å²) in [7, 11) is 0. The highest BCUT2D eigenvalue weighted by Crippen LogP contribution is 1.88. The van der Waals surface area contributed by atoms with Crippen molar-refractivity contribution in [2.45, 2.75) is 6.04 Å². The molecule has 0 aliphatic carbocycles. The van der Waals surface area contributed by atoms with E-state index in [1.54, 1.807) is 0 Å². The lowest BCUT2D eigenvalue weighted by atomic mass is 10.2. The monoisotopic (exact) mass is 124 g/mol. The smallest absolute Gasteiger partial charge is 0.235 e. The van der Waals surface area contributed by atoms with Crippen LogP contribution in [-0.2, 0) is 9.59 Å². The number of ketones is 1. The fraction of sp³-hybridized carbons (Fsp3) is 0.167. The van der Waals surface area contributed by atoms with Gasteiger partial charge in [-0.3, -0.25) is 4.79 Å².